The van der Waals surface area contributed by atoms with E-state index in [4.69, 9.17) is 10.5 Å². The summed E-state index contributed by atoms with van der Waals surface area (Å²) in [5.41, 5.74) is 5.15. The highest BCUT2D eigenvalue weighted by Crippen LogP contribution is 1.97. The molecule has 0 aliphatic rings. The quantitative estimate of drug-likeness (QED) is 0.406. The van der Waals surface area contributed by atoms with Crippen molar-refractivity contribution in [3.63, 3.8) is 0 Å². The van der Waals surface area contributed by atoms with Gasteiger partial charge in [-0.1, -0.05) is 12.2 Å². The number of methoxy groups -OCH3 is 1. The molecule has 9 heteroatoms. The number of likely N-dealkylation sites (N-methyl/N-ethyl adjacent to an activating group) is 1. The Hall–Kier alpha value is -0.770. The molecule has 100 valence electrons. The van der Waals surface area contributed by atoms with E-state index < -0.39 is 21.7 Å². The number of nitrogens with two attached hydrogens (primary N) is 1. The standard InChI is InChI=1S/C8H17N3O4S2/c1-11(17(13,14)6-7(9)16)5-8(12)10-3-4-15-2/h3-6H2,1-2H3,(H2,9,16)(H,10,12). The summed E-state index contributed by atoms with van der Waals surface area (Å²) in [6, 6.07) is 0. The van der Waals surface area contributed by atoms with Crippen molar-refractivity contribution in [2.45, 2.75) is 0 Å². The first kappa shape index (κ1) is 16.2. The van der Waals surface area contributed by atoms with Crippen molar-refractivity contribution < 1.29 is 17.9 Å². The largest absolute Gasteiger partial charge is 0.392 e. The lowest BCUT2D eigenvalue weighted by molar-refractivity contribution is -0.121. The Kier molecular flexibility index (Phi) is 7.19. The van der Waals surface area contributed by atoms with Gasteiger partial charge < -0.3 is 15.8 Å². The number of nitrogens with zero attached hydrogens (tertiary/aromatic N) is 1. The smallest absolute Gasteiger partial charge is 0.235 e. The fraction of sp³-hybridized carbons (Fsp3) is 0.750. The molecule has 0 fully saturated rings. The summed E-state index contributed by atoms with van der Waals surface area (Å²) in [4.78, 5) is 11.2. The maximum atomic E-state index is 11.6. The zero-order valence-electron chi connectivity index (χ0n) is 9.80. The number of hydrogen-bond donors (Lipinski definition) is 2. The lowest BCUT2D eigenvalue weighted by Crippen LogP contribution is -2.41. The summed E-state index contributed by atoms with van der Waals surface area (Å²) in [7, 11) is -0.810. The van der Waals surface area contributed by atoms with Crippen LogP contribution in [0.3, 0.4) is 0 Å². The summed E-state index contributed by atoms with van der Waals surface area (Å²) in [6.45, 7) is 0.433. The first-order valence-corrected chi connectivity index (χ1v) is 6.79. The van der Waals surface area contributed by atoms with Crippen LogP contribution in [0, 0.1) is 0 Å². The first-order chi connectivity index (χ1) is 7.79. The minimum Gasteiger partial charge on any atom is -0.392 e. The molecule has 0 spiro atoms. The van der Waals surface area contributed by atoms with E-state index in [-0.39, 0.29) is 11.5 Å². The summed E-state index contributed by atoms with van der Waals surface area (Å²) < 4.78 is 28.8. The molecule has 0 aromatic carbocycles. The molecule has 0 radical (unpaired) electrons. The van der Waals surface area contributed by atoms with E-state index in [9.17, 15) is 13.2 Å². The highest BCUT2D eigenvalue weighted by molar-refractivity contribution is 7.92. The highest BCUT2D eigenvalue weighted by Gasteiger charge is 2.21. The lowest BCUT2D eigenvalue weighted by Gasteiger charge is -2.16. The number of carbonyl (C=O) groups is 1. The van der Waals surface area contributed by atoms with Crippen molar-refractivity contribution in [3.8, 4) is 0 Å². The van der Waals surface area contributed by atoms with E-state index in [0.717, 1.165) is 4.31 Å². The minimum atomic E-state index is -3.61. The number of sulfonamides is 1. The van der Waals surface area contributed by atoms with Gasteiger partial charge in [0.25, 0.3) is 0 Å². The van der Waals surface area contributed by atoms with Gasteiger partial charge in [-0.3, -0.25) is 4.79 Å². The Morgan fingerprint density at radius 2 is 2.12 bits per heavy atom. The van der Waals surface area contributed by atoms with Gasteiger partial charge in [0.05, 0.1) is 18.1 Å². The molecule has 1 amide bonds. The highest BCUT2D eigenvalue weighted by atomic mass is 32.2. The lowest BCUT2D eigenvalue weighted by atomic mass is 10.5. The maximum absolute atomic E-state index is 11.6. The first-order valence-electron chi connectivity index (χ1n) is 4.77. The molecular weight excluding hydrogens is 266 g/mol. The normalized spacial score (nSPS) is 11.5. The van der Waals surface area contributed by atoms with Crippen molar-refractivity contribution >= 4 is 33.1 Å². The van der Waals surface area contributed by atoms with E-state index in [1.165, 1.54) is 14.2 Å². The van der Waals surface area contributed by atoms with Gasteiger partial charge >= 0.3 is 0 Å². The monoisotopic (exact) mass is 283 g/mol. The second-order valence-electron chi connectivity index (χ2n) is 3.32. The zero-order chi connectivity index (χ0) is 13.5. The summed E-state index contributed by atoms with van der Waals surface area (Å²) in [6.07, 6.45) is 0. The predicted octanol–water partition coefficient (Wildman–Crippen LogP) is -1.70. The molecule has 0 atom stereocenters. The van der Waals surface area contributed by atoms with Crippen LogP contribution in [0.2, 0.25) is 0 Å². The molecule has 0 rings (SSSR count). The van der Waals surface area contributed by atoms with Gasteiger partial charge in [-0.2, -0.15) is 4.31 Å². The number of hydrogen-bond acceptors (Lipinski definition) is 5. The fourth-order valence-corrected chi connectivity index (χ4v) is 2.28. The summed E-state index contributed by atoms with van der Waals surface area (Å²) >= 11 is 4.52. The Labute approximate surface area is 106 Å². The topological polar surface area (TPSA) is 102 Å². The summed E-state index contributed by atoms with van der Waals surface area (Å²) in [5, 5.41) is 2.51. The van der Waals surface area contributed by atoms with E-state index in [1.54, 1.807) is 0 Å². The number of ether oxygens (including phenoxy) is 1. The Bertz CT molecular complexity index is 369. The van der Waals surface area contributed by atoms with Gasteiger partial charge in [-0.15, -0.1) is 0 Å². The van der Waals surface area contributed by atoms with Crippen LogP contribution in [0.1, 0.15) is 0 Å². The van der Waals surface area contributed by atoms with Gasteiger partial charge in [0.15, 0.2) is 0 Å². The minimum absolute atomic E-state index is 0.128. The Morgan fingerprint density at radius 3 is 2.59 bits per heavy atom. The van der Waals surface area contributed by atoms with Crippen LogP contribution in [0.25, 0.3) is 0 Å². The van der Waals surface area contributed by atoms with Crippen molar-refractivity contribution in [1.29, 1.82) is 0 Å². The van der Waals surface area contributed by atoms with Gasteiger partial charge in [0, 0.05) is 20.7 Å². The van der Waals surface area contributed by atoms with Crippen LogP contribution in [0.15, 0.2) is 0 Å². The van der Waals surface area contributed by atoms with E-state index in [0.29, 0.717) is 13.2 Å². The second kappa shape index (κ2) is 7.54. The SMILES string of the molecule is COCCNC(=O)CN(C)S(=O)(=O)CC(N)=S. The van der Waals surface area contributed by atoms with Gasteiger partial charge in [0.2, 0.25) is 15.9 Å². The zero-order valence-corrected chi connectivity index (χ0v) is 11.4. The maximum Gasteiger partial charge on any atom is 0.235 e. The predicted molar refractivity (Wildman–Crippen MR) is 68.1 cm³/mol. The molecule has 7 nitrogen and oxygen atoms in total. The van der Waals surface area contributed by atoms with Crippen LogP contribution in [0.4, 0.5) is 0 Å². The molecule has 0 saturated heterocycles. The van der Waals surface area contributed by atoms with Crippen molar-refractivity contribution in [3.05, 3.63) is 0 Å². The van der Waals surface area contributed by atoms with Crippen molar-refractivity contribution in [2.24, 2.45) is 5.73 Å². The molecule has 0 heterocycles. The molecule has 0 aliphatic heterocycles. The molecule has 0 aromatic rings. The Morgan fingerprint density at radius 1 is 1.53 bits per heavy atom. The number of carbonyl (C=O) groups excluding carboxylic acids is 1. The number of thiocarbonyl (C=S) groups is 1. The van der Waals surface area contributed by atoms with Crippen molar-refractivity contribution in [2.75, 3.05) is 39.6 Å². The van der Waals surface area contributed by atoms with Crippen LogP contribution in [-0.2, 0) is 19.6 Å². The van der Waals surface area contributed by atoms with E-state index in [2.05, 4.69) is 17.5 Å². The molecule has 0 unspecified atom stereocenters. The number of nitrogens with one attached hydrogen (secondary N) is 1. The average Bonchev–Trinajstić information content (AvgIpc) is 2.15. The average molecular weight is 283 g/mol. The molecule has 17 heavy (non-hydrogen) atoms. The fourth-order valence-electron chi connectivity index (χ4n) is 0.939. The molecule has 3 N–H and O–H groups in total. The number of rotatable bonds is 8. The third-order valence-corrected chi connectivity index (χ3v) is 3.88. The van der Waals surface area contributed by atoms with Crippen molar-refractivity contribution in [1.82, 2.24) is 9.62 Å². The van der Waals surface area contributed by atoms with Crippen LogP contribution in [0.5, 0.6) is 0 Å². The molecule has 0 bridgehead atoms. The number of amides is 1. The Balaban J connectivity index is 4.20. The van der Waals surface area contributed by atoms with Gasteiger partial charge in [-0.05, 0) is 0 Å². The molecule has 0 aromatic heterocycles. The second-order valence-corrected chi connectivity index (χ2v) is 5.92. The van der Waals surface area contributed by atoms with Crippen LogP contribution in [-0.4, -0.2) is 63.2 Å². The molecular formula is C8H17N3O4S2. The molecule has 0 aliphatic carbocycles. The molecule has 0 saturated carbocycles. The van der Waals surface area contributed by atoms with Gasteiger partial charge in [-0.25, -0.2) is 8.42 Å². The van der Waals surface area contributed by atoms with Gasteiger partial charge in [0.1, 0.15) is 5.75 Å². The van der Waals surface area contributed by atoms with E-state index >= 15 is 0 Å². The van der Waals surface area contributed by atoms with Crippen LogP contribution >= 0.6 is 12.2 Å². The van der Waals surface area contributed by atoms with E-state index in [1.807, 2.05) is 0 Å². The third-order valence-electron chi connectivity index (χ3n) is 1.79. The summed E-state index contributed by atoms with van der Waals surface area (Å²) in [5.74, 6) is -0.847. The van der Waals surface area contributed by atoms with Crippen LogP contribution < -0.4 is 11.1 Å². The third kappa shape index (κ3) is 7.21.